The number of pyridine rings is 1. The van der Waals surface area contributed by atoms with Crippen molar-refractivity contribution in [3.8, 4) is 11.3 Å². The van der Waals surface area contributed by atoms with Crippen LogP contribution in [0.3, 0.4) is 0 Å². The molecule has 1 amide bonds. The Morgan fingerprint density at radius 1 is 1.06 bits per heavy atom. The van der Waals surface area contributed by atoms with E-state index in [1.807, 2.05) is 24.3 Å². The molecule has 0 unspecified atom stereocenters. The summed E-state index contributed by atoms with van der Waals surface area (Å²) in [6.45, 7) is 0.510. The van der Waals surface area contributed by atoms with Crippen LogP contribution in [-0.2, 0) is 19.0 Å². The summed E-state index contributed by atoms with van der Waals surface area (Å²) < 4.78 is 43.8. The number of hydrogen-bond acceptors (Lipinski definition) is 4. The Labute approximate surface area is 199 Å². The van der Waals surface area contributed by atoms with Gasteiger partial charge in [-0.1, -0.05) is 30.3 Å². The maximum atomic E-state index is 14.3. The molecule has 1 aliphatic heterocycles. The number of hydrogen-bond donors (Lipinski definition) is 0. The highest BCUT2D eigenvalue weighted by atomic mass is 19.4. The van der Waals surface area contributed by atoms with Crippen molar-refractivity contribution in [2.24, 2.45) is 0 Å². The number of nitrogens with zero attached hydrogens (tertiary/aromatic N) is 5. The van der Waals surface area contributed by atoms with Crippen LogP contribution in [0.25, 0.3) is 16.9 Å². The molecule has 35 heavy (non-hydrogen) atoms. The second-order valence-electron chi connectivity index (χ2n) is 9.04. The van der Waals surface area contributed by atoms with Gasteiger partial charge in [-0.3, -0.25) is 9.78 Å². The minimum absolute atomic E-state index is 0.0195. The highest BCUT2D eigenvalue weighted by Crippen LogP contribution is 2.41. The molecule has 3 aromatic heterocycles. The first-order chi connectivity index (χ1) is 16.9. The molecule has 1 saturated heterocycles. The summed E-state index contributed by atoms with van der Waals surface area (Å²) in [6.07, 6.45) is 2.01. The van der Waals surface area contributed by atoms with Gasteiger partial charge in [-0.15, -0.1) is 0 Å². The highest BCUT2D eigenvalue weighted by Gasteiger charge is 2.41. The molecule has 1 atom stereocenters. The quantitative estimate of drug-likeness (QED) is 0.394. The second kappa shape index (κ2) is 8.18. The predicted octanol–water partition coefficient (Wildman–Crippen LogP) is 5.28. The molecule has 1 aromatic carbocycles. The zero-order chi connectivity index (χ0) is 24.2. The van der Waals surface area contributed by atoms with E-state index in [2.05, 4.69) is 15.1 Å². The van der Waals surface area contributed by atoms with Crippen molar-refractivity contribution in [1.29, 1.82) is 0 Å². The second-order valence-corrected chi connectivity index (χ2v) is 9.04. The number of carbonyl (C=O) groups excluding carboxylic acids is 1. The van der Waals surface area contributed by atoms with E-state index >= 15 is 0 Å². The van der Waals surface area contributed by atoms with Crippen LogP contribution in [0.2, 0.25) is 0 Å². The Morgan fingerprint density at radius 3 is 2.71 bits per heavy atom. The number of alkyl halides is 3. The standard InChI is InChI=1S/C26H22F3N5O/c27-26(28,29)24-19-11-10-16-6-1-2-8-18(16)23(19)31-22-14-20(32-34(22)24)25(35)33-13-4-3-9-21(33)17-7-5-12-30-15-17/h1-2,5-8,12,14-15,21H,3-4,9-11,13H2/t21-/m0/s1. The number of aromatic nitrogens is 4. The Morgan fingerprint density at radius 2 is 1.91 bits per heavy atom. The number of fused-ring (bicyclic) bond motifs is 4. The number of piperidine rings is 1. The molecule has 178 valence electrons. The Balaban J connectivity index is 1.48. The van der Waals surface area contributed by atoms with Crippen molar-refractivity contribution in [3.05, 3.63) is 82.9 Å². The fraction of sp³-hybridized carbons (Fsp3) is 0.308. The minimum Gasteiger partial charge on any atom is -0.330 e. The van der Waals surface area contributed by atoms with Crippen LogP contribution in [0.15, 0.2) is 54.9 Å². The van der Waals surface area contributed by atoms with E-state index < -0.39 is 17.8 Å². The van der Waals surface area contributed by atoms with Crippen LogP contribution in [0.1, 0.15) is 58.2 Å². The van der Waals surface area contributed by atoms with E-state index in [1.54, 1.807) is 29.4 Å². The molecule has 6 nitrogen and oxygen atoms in total. The van der Waals surface area contributed by atoms with Crippen LogP contribution in [0, 0.1) is 0 Å². The van der Waals surface area contributed by atoms with Crippen molar-refractivity contribution >= 4 is 11.6 Å². The van der Waals surface area contributed by atoms with Gasteiger partial charge >= 0.3 is 6.18 Å². The van der Waals surface area contributed by atoms with E-state index in [0.29, 0.717) is 24.2 Å². The molecule has 9 heteroatoms. The molecule has 0 saturated carbocycles. The lowest BCUT2D eigenvalue weighted by molar-refractivity contribution is -0.143. The van der Waals surface area contributed by atoms with Crippen LogP contribution in [0.5, 0.6) is 0 Å². The molecular weight excluding hydrogens is 455 g/mol. The summed E-state index contributed by atoms with van der Waals surface area (Å²) in [5, 5.41) is 4.17. The third-order valence-corrected chi connectivity index (χ3v) is 6.94. The Bertz CT molecular complexity index is 1430. The van der Waals surface area contributed by atoms with Crippen LogP contribution in [-0.4, -0.2) is 36.9 Å². The van der Waals surface area contributed by atoms with Gasteiger partial charge in [0.15, 0.2) is 17.0 Å². The molecule has 0 spiro atoms. The molecule has 4 aromatic rings. The number of halogens is 3. The lowest BCUT2D eigenvalue weighted by atomic mass is 9.88. The van der Waals surface area contributed by atoms with Gasteiger partial charge in [0.2, 0.25) is 0 Å². The van der Waals surface area contributed by atoms with Gasteiger partial charge in [-0.2, -0.15) is 18.3 Å². The average molecular weight is 477 g/mol. The molecule has 2 aliphatic rings. The summed E-state index contributed by atoms with van der Waals surface area (Å²) in [7, 11) is 0. The van der Waals surface area contributed by atoms with Crippen LogP contribution in [0.4, 0.5) is 13.2 Å². The van der Waals surface area contributed by atoms with Gasteiger partial charge < -0.3 is 4.90 Å². The monoisotopic (exact) mass is 477 g/mol. The Kier molecular flexibility index (Phi) is 5.09. The predicted molar refractivity (Wildman–Crippen MR) is 123 cm³/mol. The molecule has 0 bridgehead atoms. The van der Waals surface area contributed by atoms with E-state index in [9.17, 15) is 18.0 Å². The van der Waals surface area contributed by atoms with E-state index in [0.717, 1.165) is 34.9 Å². The van der Waals surface area contributed by atoms with Crippen LogP contribution >= 0.6 is 0 Å². The number of amides is 1. The number of aryl methyl sites for hydroxylation is 1. The largest absolute Gasteiger partial charge is 0.433 e. The maximum Gasteiger partial charge on any atom is 0.433 e. The summed E-state index contributed by atoms with van der Waals surface area (Å²) in [6, 6.07) is 12.3. The molecule has 0 N–H and O–H groups in total. The number of benzene rings is 1. The third kappa shape index (κ3) is 3.66. The van der Waals surface area contributed by atoms with Gasteiger partial charge in [-0.05, 0) is 49.3 Å². The summed E-state index contributed by atoms with van der Waals surface area (Å²) in [5.74, 6) is -0.393. The molecule has 4 heterocycles. The smallest absolute Gasteiger partial charge is 0.330 e. The minimum atomic E-state index is -4.65. The molecule has 1 aliphatic carbocycles. The number of likely N-dealkylation sites (tertiary alicyclic amines) is 1. The van der Waals surface area contributed by atoms with E-state index in [4.69, 9.17) is 0 Å². The van der Waals surface area contributed by atoms with Crippen molar-refractivity contribution in [1.82, 2.24) is 24.5 Å². The first-order valence-corrected chi connectivity index (χ1v) is 11.7. The lowest BCUT2D eigenvalue weighted by Gasteiger charge is -2.35. The molecular formula is C26H22F3N5O. The SMILES string of the molecule is O=C(c1cc2nc3c(c(C(F)(F)F)n2n1)CCc1ccccc1-3)N1CCCC[C@H]1c1cccnc1. The summed E-state index contributed by atoms with van der Waals surface area (Å²) in [4.78, 5) is 24.0. The third-order valence-electron chi connectivity index (χ3n) is 6.94. The first-order valence-electron chi connectivity index (χ1n) is 11.7. The first kappa shape index (κ1) is 21.8. The molecule has 6 rings (SSSR count). The van der Waals surface area contributed by atoms with Gasteiger partial charge in [0.25, 0.3) is 5.91 Å². The topological polar surface area (TPSA) is 63.4 Å². The zero-order valence-corrected chi connectivity index (χ0v) is 18.8. The number of rotatable bonds is 2. The highest BCUT2D eigenvalue weighted by molar-refractivity contribution is 5.94. The summed E-state index contributed by atoms with van der Waals surface area (Å²) >= 11 is 0. The number of carbonyl (C=O) groups is 1. The molecule has 0 radical (unpaired) electrons. The van der Waals surface area contributed by atoms with Crippen LogP contribution < -0.4 is 0 Å². The normalized spacial score (nSPS) is 17.8. The fourth-order valence-corrected chi connectivity index (χ4v) is 5.36. The fourth-order valence-electron chi connectivity index (χ4n) is 5.36. The average Bonchev–Trinajstić information content (AvgIpc) is 3.30. The van der Waals surface area contributed by atoms with Crippen molar-refractivity contribution < 1.29 is 18.0 Å². The van der Waals surface area contributed by atoms with Gasteiger partial charge in [-0.25, -0.2) is 9.50 Å². The van der Waals surface area contributed by atoms with Gasteiger partial charge in [0, 0.05) is 36.1 Å². The zero-order valence-electron chi connectivity index (χ0n) is 18.8. The van der Waals surface area contributed by atoms with Crippen molar-refractivity contribution in [3.63, 3.8) is 0 Å². The van der Waals surface area contributed by atoms with Gasteiger partial charge in [0.05, 0.1) is 11.7 Å². The van der Waals surface area contributed by atoms with Crippen molar-refractivity contribution in [2.45, 2.75) is 44.3 Å². The maximum absolute atomic E-state index is 14.3. The van der Waals surface area contributed by atoms with Gasteiger partial charge in [0.1, 0.15) is 0 Å². The Hall–Kier alpha value is -3.75. The molecule has 1 fully saturated rings. The lowest BCUT2D eigenvalue weighted by Crippen LogP contribution is -2.38. The van der Waals surface area contributed by atoms with E-state index in [1.165, 1.54) is 6.07 Å². The van der Waals surface area contributed by atoms with E-state index in [-0.39, 0.29) is 29.4 Å². The van der Waals surface area contributed by atoms with Crippen molar-refractivity contribution in [2.75, 3.05) is 6.54 Å². The summed E-state index contributed by atoms with van der Waals surface area (Å²) in [5.41, 5.74) is 2.14.